The first-order valence-corrected chi connectivity index (χ1v) is 8.04. The van der Waals surface area contributed by atoms with Gasteiger partial charge in [-0.1, -0.05) is 45.9 Å². The fourth-order valence-corrected chi connectivity index (χ4v) is 2.67. The molecule has 20 heavy (non-hydrogen) atoms. The third-order valence-corrected chi connectivity index (χ3v) is 3.69. The van der Waals surface area contributed by atoms with E-state index >= 15 is 0 Å². The summed E-state index contributed by atoms with van der Waals surface area (Å²) in [7, 11) is 0. The minimum Gasteiger partial charge on any atom is -0.358 e. The average molecular weight is 274 g/mol. The van der Waals surface area contributed by atoms with E-state index in [1.165, 1.54) is 35.1 Å². The summed E-state index contributed by atoms with van der Waals surface area (Å²) >= 11 is 0. The van der Waals surface area contributed by atoms with Crippen LogP contribution in [0.25, 0.3) is 10.9 Å². The minimum atomic E-state index is 1.14. The van der Waals surface area contributed by atoms with Crippen molar-refractivity contribution in [1.29, 1.82) is 0 Å². The summed E-state index contributed by atoms with van der Waals surface area (Å²) in [5.74, 6) is 0. The van der Waals surface area contributed by atoms with Gasteiger partial charge in [0.1, 0.15) is 0 Å². The van der Waals surface area contributed by atoms with Gasteiger partial charge in [-0.3, -0.25) is 0 Å². The van der Waals surface area contributed by atoms with Gasteiger partial charge in [-0.05, 0) is 44.5 Å². The predicted octanol–water partition coefficient (Wildman–Crippen LogP) is 4.78. The number of para-hydroxylation sites is 1. The van der Waals surface area contributed by atoms with Gasteiger partial charge in [0.15, 0.2) is 0 Å². The first-order valence-electron chi connectivity index (χ1n) is 8.04. The van der Waals surface area contributed by atoms with E-state index in [4.69, 9.17) is 0 Å². The van der Waals surface area contributed by atoms with Crippen LogP contribution in [-0.4, -0.2) is 29.5 Å². The van der Waals surface area contributed by atoms with E-state index < -0.39 is 0 Å². The summed E-state index contributed by atoms with van der Waals surface area (Å²) in [6, 6.07) is 8.61. The summed E-state index contributed by atoms with van der Waals surface area (Å²) < 4.78 is 0. The smallest absolute Gasteiger partial charge is 0.0458 e. The Kier molecular flexibility index (Phi) is 7.38. The second-order valence-corrected chi connectivity index (χ2v) is 4.96. The monoisotopic (exact) mass is 274 g/mol. The van der Waals surface area contributed by atoms with Gasteiger partial charge in [-0.2, -0.15) is 0 Å². The minimum absolute atomic E-state index is 1.14. The summed E-state index contributed by atoms with van der Waals surface area (Å²) in [6.45, 7) is 14.2. The van der Waals surface area contributed by atoms with Crippen molar-refractivity contribution in [2.45, 2.75) is 47.5 Å². The third-order valence-electron chi connectivity index (χ3n) is 3.69. The van der Waals surface area contributed by atoms with Crippen LogP contribution in [0.3, 0.4) is 0 Å². The molecular weight excluding hydrogens is 244 g/mol. The van der Waals surface area contributed by atoms with Gasteiger partial charge < -0.3 is 9.88 Å². The summed E-state index contributed by atoms with van der Waals surface area (Å²) in [5.41, 5.74) is 4.08. The number of rotatable bonds is 6. The van der Waals surface area contributed by atoms with E-state index in [2.05, 4.69) is 54.9 Å². The molecule has 0 unspecified atom stereocenters. The fraction of sp³-hybridized carbons (Fsp3) is 0.556. The van der Waals surface area contributed by atoms with Crippen LogP contribution in [0.2, 0.25) is 0 Å². The molecule has 0 radical (unpaired) electrons. The second-order valence-electron chi connectivity index (χ2n) is 4.96. The van der Waals surface area contributed by atoms with Crippen molar-refractivity contribution in [3.05, 3.63) is 35.5 Å². The Balaban J connectivity index is 0.000000956. The zero-order valence-electron chi connectivity index (χ0n) is 13.8. The molecule has 2 rings (SSSR count). The maximum absolute atomic E-state index is 3.48. The number of fused-ring (bicyclic) bond motifs is 1. The molecule has 0 atom stereocenters. The molecule has 112 valence electrons. The van der Waals surface area contributed by atoms with Gasteiger partial charge in [-0.25, -0.2) is 0 Å². The molecule has 2 heteroatoms. The lowest BCUT2D eigenvalue weighted by atomic mass is 10.1. The van der Waals surface area contributed by atoms with Crippen molar-refractivity contribution in [2.75, 3.05) is 19.6 Å². The highest BCUT2D eigenvalue weighted by molar-refractivity contribution is 5.84. The van der Waals surface area contributed by atoms with E-state index in [9.17, 15) is 0 Å². The van der Waals surface area contributed by atoms with Crippen LogP contribution >= 0.6 is 0 Å². The maximum Gasteiger partial charge on any atom is 0.0458 e. The topological polar surface area (TPSA) is 19.0 Å². The molecule has 0 aliphatic heterocycles. The summed E-state index contributed by atoms with van der Waals surface area (Å²) in [4.78, 5) is 6.01. The number of nitrogens with one attached hydrogen (secondary N) is 1. The quantitative estimate of drug-likeness (QED) is 0.803. The van der Waals surface area contributed by atoms with E-state index in [0.29, 0.717) is 0 Å². The Morgan fingerprint density at radius 1 is 1.05 bits per heavy atom. The second kappa shape index (κ2) is 8.80. The molecule has 0 saturated carbocycles. The highest BCUT2D eigenvalue weighted by Gasteiger charge is 2.09. The standard InChI is InChI=1S/C16H24N2.C2H6/c1-4-11-18(5-2)12-10-14-13(3)17-16-9-7-6-8-15(14)16;1-2/h6-9,17H,4-5,10-12H2,1-3H3;1-2H3. The summed E-state index contributed by atoms with van der Waals surface area (Å²) in [6.07, 6.45) is 2.38. The maximum atomic E-state index is 3.48. The Hall–Kier alpha value is -1.28. The number of aromatic nitrogens is 1. The molecule has 0 saturated heterocycles. The molecule has 2 aromatic rings. The van der Waals surface area contributed by atoms with Crippen LogP contribution in [0.4, 0.5) is 0 Å². The molecule has 2 nitrogen and oxygen atoms in total. The van der Waals surface area contributed by atoms with Crippen LogP contribution in [0.5, 0.6) is 0 Å². The molecule has 1 aromatic heterocycles. The zero-order chi connectivity index (χ0) is 15.0. The van der Waals surface area contributed by atoms with E-state index in [1.807, 2.05) is 13.8 Å². The first-order chi connectivity index (χ1) is 9.76. The number of aromatic amines is 1. The van der Waals surface area contributed by atoms with Gasteiger partial charge in [-0.15, -0.1) is 0 Å². The van der Waals surface area contributed by atoms with Gasteiger partial charge >= 0.3 is 0 Å². The largest absolute Gasteiger partial charge is 0.358 e. The zero-order valence-corrected chi connectivity index (χ0v) is 13.8. The van der Waals surface area contributed by atoms with Crippen molar-refractivity contribution in [1.82, 2.24) is 9.88 Å². The van der Waals surface area contributed by atoms with Gasteiger partial charge in [0.25, 0.3) is 0 Å². The first kappa shape index (κ1) is 16.8. The Labute approximate surface area is 124 Å². The van der Waals surface area contributed by atoms with Crippen LogP contribution < -0.4 is 0 Å². The van der Waals surface area contributed by atoms with Crippen molar-refractivity contribution in [2.24, 2.45) is 0 Å². The summed E-state index contributed by atoms with van der Waals surface area (Å²) in [5, 5.41) is 1.39. The SMILES string of the molecule is CC.CCCN(CC)CCc1c(C)[nH]c2ccccc12. The molecule has 0 aliphatic rings. The van der Waals surface area contributed by atoms with Crippen molar-refractivity contribution in [3.8, 4) is 0 Å². The van der Waals surface area contributed by atoms with Crippen molar-refractivity contribution >= 4 is 10.9 Å². The van der Waals surface area contributed by atoms with Gasteiger partial charge in [0, 0.05) is 23.1 Å². The molecule has 0 bridgehead atoms. The number of benzene rings is 1. The lowest BCUT2D eigenvalue weighted by molar-refractivity contribution is 0.292. The third kappa shape index (κ3) is 4.11. The Bertz CT molecular complexity index is 499. The van der Waals surface area contributed by atoms with Crippen molar-refractivity contribution < 1.29 is 0 Å². The lowest BCUT2D eigenvalue weighted by Crippen LogP contribution is -2.26. The molecule has 0 aliphatic carbocycles. The van der Waals surface area contributed by atoms with E-state index in [-0.39, 0.29) is 0 Å². The number of hydrogen-bond acceptors (Lipinski definition) is 1. The van der Waals surface area contributed by atoms with Crippen LogP contribution in [0.1, 0.15) is 45.4 Å². The van der Waals surface area contributed by atoms with Gasteiger partial charge in [0.05, 0.1) is 0 Å². The van der Waals surface area contributed by atoms with Crippen LogP contribution in [-0.2, 0) is 6.42 Å². The van der Waals surface area contributed by atoms with Gasteiger partial charge in [0.2, 0.25) is 0 Å². The Morgan fingerprint density at radius 2 is 1.75 bits per heavy atom. The Morgan fingerprint density at radius 3 is 2.40 bits per heavy atom. The van der Waals surface area contributed by atoms with Crippen LogP contribution in [0, 0.1) is 6.92 Å². The lowest BCUT2D eigenvalue weighted by Gasteiger charge is -2.19. The molecule has 1 N–H and O–H groups in total. The number of nitrogens with zero attached hydrogens (tertiary/aromatic N) is 1. The molecule has 0 fully saturated rings. The fourth-order valence-electron chi connectivity index (χ4n) is 2.67. The van der Waals surface area contributed by atoms with Crippen molar-refractivity contribution in [3.63, 3.8) is 0 Å². The highest BCUT2D eigenvalue weighted by atomic mass is 15.1. The number of likely N-dealkylation sites (N-methyl/N-ethyl adjacent to an activating group) is 1. The van der Waals surface area contributed by atoms with Crippen LogP contribution in [0.15, 0.2) is 24.3 Å². The molecule has 1 aromatic carbocycles. The molecular formula is C18H30N2. The molecule has 0 amide bonds. The number of hydrogen-bond donors (Lipinski definition) is 1. The number of aryl methyl sites for hydroxylation is 1. The average Bonchev–Trinajstić information content (AvgIpc) is 2.81. The predicted molar refractivity (Wildman–Crippen MR) is 90.5 cm³/mol. The molecule has 0 spiro atoms. The van der Waals surface area contributed by atoms with E-state index in [1.54, 1.807) is 0 Å². The molecule has 1 heterocycles. The number of H-pyrrole nitrogens is 1. The van der Waals surface area contributed by atoms with E-state index in [0.717, 1.165) is 19.5 Å². The normalized spacial score (nSPS) is 10.7. The highest BCUT2D eigenvalue weighted by Crippen LogP contribution is 2.22.